The first-order chi connectivity index (χ1) is 12.2. The minimum Gasteiger partial charge on any atom is -0.349 e. The predicted molar refractivity (Wildman–Crippen MR) is 99.7 cm³/mol. The van der Waals surface area contributed by atoms with Crippen molar-refractivity contribution < 1.29 is 9.59 Å². The summed E-state index contributed by atoms with van der Waals surface area (Å²) in [6.45, 7) is 5.58. The van der Waals surface area contributed by atoms with Crippen molar-refractivity contribution in [2.75, 3.05) is 13.1 Å². The van der Waals surface area contributed by atoms with Crippen LogP contribution in [0.4, 0.5) is 0 Å². The second kappa shape index (κ2) is 10.2. The quantitative estimate of drug-likeness (QED) is 0.765. The summed E-state index contributed by atoms with van der Waals surface area (Å²) in [5, 5.41) is 3.12. The van der Waals surface area contributed by atoms with Gasteiger partial charge in [0.05, 0.1) is 11.1 Å². The molecule has 0 atom stereocenters. The van der Waals surface area contributed by atoms with Crippen LogP contribution in [-0.2, 0) is 0 Å². The highest BCUT2D eigenvalue weighted by atomic mass is 16.2. The zero-order valence-corrected chi connectivity index (χ0v) is 15.6. The van der Waals surface area contributed by atoms with Crippen LogP contribution in [-0.4, -0.2) is 40.8 Å². The molecule has 2 amide bonds. The van der Waals surface area contributed by atoms with E-state index in [1.807, 2.05) is 4.90 Å². The highest BCUT2D eigenvalue weighted by molar-refractivity contribution is 5.99. The average Bonchev–Trinajstić information content (AvgIpc) is 2.89. The van der Waals surface area contributed by atoms with Crippen molar-refractivity contribution in [3.63, 3.8) is 0 Å². The van der Waals surface area contributed by atoms with Gasteiger partial charge < -0.3 is 10.2 Å². The van der Waals surface area contributed by atoms with E-state index in [1.165, 1.54) is 25.7 Å². The Balaban J connectivity index is 2.06. The van der Waals surface area contributed by atoms with Crippen molar-refractivity contribution in [3.8, 4) is 0 Å². The summed E-state index contributed by atoms with van der Waals surface area (Å²) in [6.07, 6.45) is 11.9. The average molecular weight is 345 g/mol. The number of rotatable bonds is 7. The monoisotopic (exact) mass is 345 g/mol. The van der Waals surface area contributed by atoms with Crippen LogP contribution in [0.1, 0.15) is 85.9 Å². The second-order valence-corrected chi connectivity index (χ2v) is 6.92. The van der Waals surface area contributed by atoms with E-state index in [0.717, 1.165) is 38.8 Å². The Labute approximate surface area is 151 Å². The van der Waals surface area contributed by atoms with Gasteiger partial charge >= 0.3 is 0 Å². The molecule has 0 unspecified atom stereocenters. The Kier molecular flexibility index (Phi) is 7.89. The first-order valence-electron chi connectivity index (χ1n) is 9.70. The second-order valence-electron chi connectivity index (χ2n) is 6.92. The van der Waals surface area contributed by atoms with Crippen LogP contribution in [0.3, 0.4) is 0 Å². The standard InChI is InChI=1S/C20H31N3O2/c1-3-11-23(12-4-2)20(25)17-13-16(14-21-15-17)19(24)22-18-9-7-5-6-8-10-18/h13-15,18H,3-12H2,1-2H3,(H,22,24). The van der Waals surface area contributed by atoms with Gasteiger partial charge in [-0.25, -0.2) is 0 Å². The molecular weight excluding hydrogens is 314 g/mol. The minimum absolute atomic E-state index is 0.0414. The lowest BCUT2D eigenvalue weighted by atomic mass is 10.1. The first kappa shape index (κ1) is 19.4. The van der Waals surface area contributed by atoms with Crippen LogP contribution < -0.4 is 5.32 Å². The summed E-state index contributed by atoms with van der Waals surface area (Å²) in [4.78, 5) is 31.2. The van der Waals surface area contributed by atoms with Gasteiger partial charge in [0.2, 0.25) is 0 Å². The number of amides is 2. The Morgan fingerprint density at radius 1 is 1.04 bits per heavy atom. The molecule has 1 aliphatic rings. The minimum atomic E-state index is -0.119. The molecule has 0 saturated heterocycles. The van der Waals surface area contributed by atoms with Crippen LogP contribution in [0, 0.1) is 0 Å². The fourth-order valence-corrected chi connectivity index (χ4v) is 3.41. The Morgan fingerprint density at radius 3 is 2.24 bits per heavy atom. The molecule has 1 saturated carbocycles. The Morgan fingerprint density at radius 2 is 1.64 bits per heavy atom. The molecule has 0 spiro atoms. The van der Waals surface area contributed by atoms with Gasteiger partial charge in [0.1, 0.15) is 0 Å². The molecule has 1 fully saturated rings. The zero-order valence-electron chi connectivity index (χ0n) is 15.6. The van der Waals surface area contributed by atoms with Crippen molar-refractivity contribution in [1.29, 1.82) is 0 Å². The molecule has 2 rings (SSSR count). The number of hydrogen-bond acceptors (Lipinski definition) is 3. The largest absolute Gasteiger partial charge is 0.349 e. The molecule has 25 heavy (non-hydrogen) atoms. The van der Waals surface area contributed by atoms with E-state index < -0.39 is 0 Å². The summed E-state index contributed by atoms with van der Waals surface area (Å²) in [5.74, 6) is -0.160. The van der Waals surface area contributed by atoms with Crippen LogP contribution >= 0.6 is 0 Å². The molecule has 1 N–H and O–H groups in total. The van der Waals surface area contributed by atoms with E-state index in [2.05, 4.69) is 24.1 Å². The number of nitrogens with zero attached hydrogens (tertiary/aromatic N) is 2. The van der Waals surface area contributed by atoms with E-state index in [4.69, 9.17) is 0 Å². The molecular formula is C20H31N3O2. The van der Waals surface area contributed by atoms with Crippen LogP contribution in [0.5, 0.6) is 0 Å². The maximum absolute atomic E-state index is 12.7. The number of pyridine rings is 1. The smallest absolute Gasteiger partial charge is 0.255 e. The SMILES string of the molecule is CCCN(CCC)C(=O)c1cncc(C(=O)NC2CCCCCC2)c1. The lowest BCUT2D eigenvalue weighted by Gasteiger charge is -2.21. The van der Waals surface area contributed by atoms with E-state index >= 15 is 0 Å². The predicted octanol–water partition coefficient (Wildman–Crippen LogP) is 3.80. The topological polar surface area (TPSA) is 62.3 Å². The van der Waals surface area contributed by atoms with Crippen molar-refractivity contribution >= 4 is 11.8 Å². The number of hydrogen-bond donors (Lipinski definition) is 1. The van der Waals surface area contributed by atoms with Crippen molar-refractivity contribution in [2.24, 2.45) is 0 Å². The summed E-state index contributed by atoms with van der Waals surface area (Å²) in [5.41, 5.74) is 0.971. The van der Waals surface area contributed by atoms with E-state index in [-0.39, 0.29) is 17.9 Å². The van der Waals surface area contributed by atoms with E-state index in [0.29, 0.717) is 11.1 Å². The van der Waals surface area contributed by atoms with Crippen molar-refractivity contribution in [3.05, 3.63) is 29.6 Å². The van der Waals surface area contributed by atoms with Gasteiger partial charge in [-0.3, -0.25) is 14.6 Å². The molecule has 0 aromatic carbocycles. The summed E-state index contributed by atoms with van der Waals surface area (Å²) < 4.78 is 0. The fourth-order valence-electron chi connectivity index (χ4n) is 3.41. The molecule has 0 radical (unpaired) electrons. The molecule has 0 aliphatic heterocycles. The summed E-state index contributed by atoms with van der Waals surface area (Å²) in [6, 6.07) is 1.92. The lowest BCUT2D eigenvalue weighted by molar-refractivity contribution is 0.0755. The molecule has 0 bridgehead atoms. The molecule has 5 nitrogen and oxygen atoms in total. The fraction of sp³-hybridized carbons (Fsp3) is 0.650. The third-order valence-electron chi connectivity index (χ3n) is 4.71. The van der Waals surface area contributed by atoms with Gasteiger partial charge in [-0.2, -0.15) is 0 Å². The third-order valence-corrected chi connectivity index (χ3v) is 4.71. The molecule has 138 valence electrons. The van der Waals surface area contributed by atoms with Gasteiger partial charge in [0.15, 0.2) is 0 Å². The van der Waals surface area contributed by atoms with Gasteiger partial charge in [0.25, 0.3) is 11.8 Å². The van der Waals surface area contributed by atoms with Crippen molar-refractivity contribution in [1.82, 2.24) is 15.2 Å². The first-order valence-corrected chi connectivity index (χ1v) is 9.70. The molecule has 1 aromatic heterocycles. The highest BCUT2D eigenvalue weighted by Gasteiger charge is 2.19. The molecule has 5 heteroatoms. The van der Waals surface area contributed by atoms with Gasteiger partial charge in [-0.05, 0) is 31.7 Å². The maximum atomic E-state index is 12.7. The Bertz CT molecular complexity index is 560. The normalized spacial score (nSPS) is 15.4. The molecule has 1 heterocycles. The van der Waals surface area contributed by atoms with Crippen molar-refractivity contribution in [2.45, 2.75) is 71.3 Å². The number of nitrogens with one attached hydrogen (secondary N) is 1. The highest BCUT2D eigenvalue weighted by Crippen LogP contribution is 2.18. The number of carbonyl (C=O) groups excluding carboxylic acids is 2. The lowest BCUT2D eigenvalue weighted by Crippen LogP contribution is -2.35. The van der Waals surface area contributed by atoms with Gasteiger partial charge in [-0.15, -0.1) is 0 Å². The third kappa shape index (κ3) is 5.83. The molecule has 1 aliphatic carbocycles. The van der Waals surface area contributed by atoms with Crippen LogP contribution in [0.15, 0.2) is 18.5 Å². The maximum Gasteiger partial charge on any atom is 0.255 e. The van der Waals surface area contributed by atoms with Crippen LogP contribution in [0.25, 0.3) is 0 Å². The summed E-state index contributed by atoms with van der Waals surface area (Å²) >= 11 is 0. The van der Waals surface area contributed by atoms with E-state index in [1.54, 1.807) is 18.5 Å². The summed E-state index contributed by atoms with van der Waals surface area (Å²) in [7, 11) is 0. The Hall–Kier alpha value is -1.91. The number of carbonyl (C=O) groups is 2. The molecule has 1 aromatic rings. The zero-order chi connectivity index (χ0) is 18.1. The van der Waals surface area contributed by atoms with E-state index in [9.17, 15) is 9.59 Å². The van der Waals surface area contributed by atoms with Gasteiger partial charge in [-0.1, -0.05) is 39.5 Å². The van der Waals surface area contributed by atoms with Gasteiger partial charge in [0, 0.05) is 31.5 Å². The van der Waals surface area contributed by atoms with Crippen LogP contribution in [0.2, 0.25) is 0 Å². The number of aromatic nitrogens is 1.